The number of nitrogens with two attached hydrogens (primary N) is 1. The molecule has 0 radical (unpaired) electrons. The zero-order valence-electron chi connectivity index (χ0n) is 16.4. The lowest BCUT2D eigenvalue weighted by Gasteiger charge is -2.27. The third-order valence-corrected chi connectivity index (χ3v) is 5.56. The number of rotatable bonds is 3. The van der Waals surface area contributed by atoms with E-state index in [4.69, 9.17) is 19.9 Å². The van der Waals surface area contributed by atoms with Gasteiger partial charge in [0.15, 0.2) is 0 Å². The highest BCUT2D eigenvalue weighted by atomic mass is 16.5. The van der Waals surface area contributed by atoms with Crippen molar-refractivity contribution >= 4 is 22.6 Å². The molecule has 8 nitrogen and oxygen atoms in total. The number of benzene rings is 1. The van der Waals surface area contributed by atoms with Crippen LogP contribution in [0.15, 0.2) is 24.4 Å². The molecule has 2 aliphatic heterocycles. The lowest BCUT2D eigenvalue weighted by molar-refractivity contribution is -0.135. The van der Waals surface area contributed by atoms with Gasteiger partial charge in [-0.2, -0.15) is 0 Å². The van der Waals surface area contributed by atoms with E-state index in [1.807, 2.05) is 0 Å². The molecule has 0 spiro atoms. The van der Waals surface area contributed by atoms with Crippen molar-refractivity contribution in [2.75, 3.05) is 26.6 Å². The third kappa shape index (κ3) is 3.85. The number of carbonyl (C=O) groups is 2. The Morgan fingerprint density at radius 3 is 2.97 bits per heavy atom. The number of primary amides is 1. The molecule has 29 heavy (non-hydrogen) atoms. The molecule has 2 atom stereocenters. The second kappa shape index (κ2) is 8.24. The average molecular weight is 399 g/mol. The SMILES string of the molecule is CCC[C@@H]1CC(=O)N2COCCOc3cc4c(nccc4cc3C(N)=O)OC[C@H]12. The quantitative estimate of drug-likeness (QED) is 0.848. The molecule has 1 aromatic heterocycles. The second-order valence-corrected chi connectivity index (χ2v) is 7.43. The normalized spacial score (nSPS) is 22.2. The van der Waals surface area contributed by atoms with Crippen molar-refractivity contribution in [3.8, 4) is 11.6 Å². The Labute approximate surface area is 168 Å². The highest BCUT2D eigenvalue weighted by Crippen LogP contribution is 2.33. The summed E-state index contributed by atoms with van der Waals surface area (Å²) in [6.45, 7) is 3.15. The van der Waals surface area contributed by atoms with Gasteiger partial charge in [-0.05, 0) is 35.9 Å². The van der Waals surface area contributed by atoms with Crippen LogP contribution >= 0.6 is 0 Å². The summed E-state index contributed by atoms with van der Waals surface area (Å²) in [5.41, 5.74) is 5.82. The number of pyridine rings is 1. The largest absolute Gasteiger partial charge is 0.490 e. The van der Waals surface area contributed by atoms with E-state index in [1.165, 1.54) is 0 Å². The molecule has 8 heteroatoms. The first-order valence-electron chi connectivity index (χ1n) is 9.94. The van der Waals surface area contributed by atoms with Crippen molar-refractivity contribution in [2.24, 2.45) is 11.7 Å². The van der Waals surface area contributed by atoms with Crippen molar-refractivity contribution in [1.82, 2.24) is 9.88 Å². The van der Waals surface area contributed by atoms with Gasteiger partial charge in [0.1, 0.15) is 25.7 Å². The van der Waals surface area contributed by atoms with Gasteiger partial charge in [-0.1, -0.05) is 13.3 Å². The van der Waals surface area contributed by atoms with Crippen LogP contribution in [0.25, 0.3) is 10.8 Å². The number of aromatic nitrogens is 1. The Balaban J connectivity index is 1.72. The van der Waals surface area contributed by atoms with Gasteiger partial charge in [0.2, 0.25) is 11.8 Å². The zero-order chi connectivity index (χ0) is 20.4. The van der Waals surface area contributed by atoms with Gasteiger partial charge in [-0.25, -0.2) is 4.98 Å². The maximum absolute atomic E-state index is 12.5. The molecule has 1 fully saturated rings. The minimum absolute atomic E-state index is 0.0643. The minimum Gasteiger partial charge on any atom is -0.490 e. The van der Waals surface area contributed by atoms with Crippen LogP contribution in [-0.4, -0.2) is 54.3 Å². The molecular formula is C21H25N3O5. The van der Waals surface area contributed by atoms with Crippen molar-refractivity contribution in [2.45, 2.75) is 32.2 Å². The van der Waals surface area contributed by atoms with Gasteiger partial charge >= 0.3 is 0 Å². The molecule has 3 heterocycles. The van der Waals surface area contributed by atoms with Gasteiger partial charge in [-0.3, -0.25) is 9.59 Å². The summed E-state index contributed by atoms with van der Waals surface area (Å²) >= 11 is 0. The van der Waals surface area contributed by atoms with Crippen LogP contribution in [0.5, 0.6) is 11.6 Å². The molecule has 4 rings (SSSR count). The maximum atomic E-state index is 12.5. The maximum Gasteiger partial charge on any atom is 0.252 e. The Hall–Kier alpha value is -2.87. The van der Waals surface area contributed by atoms with E-state index in [0.717, 1.165) is 23.6 Å². The Morgan fingerprint density at radius 2 is 2.17 bits per heavy atom. The van der Waals surface area contributed by atoms with Crippen LogP contribution in [0, 0.1) is 5.92 Å². The molecule has 2 N–H and O–H groups in total. The predicted molar refractivity (Wildman–Crippen MR) is 106 cm³/mol. The second-order valence-electron chi connectivity index (χ2n) is 7.43. The van der Waals surface area contributed by atoms with Gasteiger partial charge < -0.3 is 24.8 Å². The molecular weight excluding hydrogens is 374 g/mol. The van der Waals surface area contributed by atoms with Crippen LogP contribution < -0.4 is 15.2 Å². The fourth-order valence-electron chi connectivity index (χ4n) is 4.12. The average Bonchev–Trinajstić information content (AvgIpc) is 3.00. The number of hydrogen-bond donors (Lipinski definition) is 1. The molecule has 0 unspecified atom stereocenters. The van der Waals surface area contributed by atoms with E-state index in [1.54, 1.807) is 29.3 Å². The predicted octanol–water partition coefficient (Wildman–Crippen LogP) is 2.10. The van der Waals surface area contributed by atoms with Crippen LogP contribution in [-0.2, 0) is 9.53 Å². The summed E-state index contributed by atoms with van der Waals surface area (Å²) in [6, 6.07) is 5.15. The molecule has 2 aliphatic rings. The highest BCUT2D eigenvalue weighted by Gasteiger charge is 2.39. The van der Waals surface area contributed by atoms with Crippen LogP contribution in [0.1, 0.15) is 36.5 Å². The monoisotopic (exact) mass is 399 g/mol. The van der Waals surface area contributed by atoms with Crippen LogP contribution in [0.3, 0.4) is 0 Å². The van der Waals surface area contributed by atoms with Crippen molar-refractivity contribution < 1.29 is 23.8 Å². The fourth-order valence-corrected chi connectivity index (χ4v) is 4.12. The van der Waals surface area contributed by atoms with Crippen LogP contribution in [0.2, 0.25) is 0 Å². The molecule has 1 aromatic carbocycles. The third-order valence-electron chi connectivity index (χ3n) is 5.56. The van der Waals surface area contributed by atoms with E-state index in [9.17, 15) is 9.59 Å². The van der Waals surface area contributed by atoms with E-state index in [2.05, 4.69) is 11.9 Å². The van der Waals surface area contributed by atoms with Gasteiger partial charge in [-0.15, -0.1) is 0 Å². The Kier molecular flexibility index (Phi) is 5.53. The standard InChI is InChI=1S/C21H25N3O5/c1-2-3-14-9-19(25)24-12-27-6-7-28-18-10-15-13(8-16(18)20(22)26)4-5-23-21(15)29-11-17(14)24/h4-5,8,10,14,17H,2-3,6-7,9,11-12H2,1H3,(H2,22,26)/t14-,17-/m1/s1. The van der Waals surface area contributed by atoms with Gasteiger partial charge in [0.05, 0.1) is 18.2 Å². The van der Waals surface area contributed by atoms with Gasteiger partial charge in [0.25, 0.3) is 5.91 Å². The first kappa shape index (κ1) is 19.4. The Bertz CT molecular complexity index is 932. The smallest absolute Gasteiger partial charge is 0.252 e. The molecule has 2 amide bonds. The van der Waals surface area contributed by atoms with Crippen molar-refractivity contribution in [3.63, 3.8) is 0 Å². The summed E-state index contributed by atoms with van der Waals surface area (Å²) in [4.78, 5) is 30.5. The van der Waals surface area contributed by atoms with E-state index < -0.39 is 5.91 Å². The summed E-state index contributed by atoms with van der Waals surface area (Å²) < 4.78 is 17.5. The number of fused-ring (bicyclic) bond motifs is 2. The molecule has 1 saturated heterocycles. The molecule has 2 bridgehead atoms. The number of amides is 2. The van der Waals surface area contributed by atoms with Crippen LogP contribution in [0.4, 0.5) is 0 Å². The van der Waals surface area contributed by atoms with Gasteiger partial charge in [0, 0.05) is 18.0 Å². The van der Waals surface area contributed by atoms with E-state index >= 15 is 0 Å². The number of nitrogens with zero attached hydrogens (tertiary/aromatic N) is 2. The number of carbonyl (C=O) groups excluding carboxylic acids is 2. The zero-order valence-corrected chi connectivity index (χ0v) is 16.4. The molecule has 154 valence electrons. The number of hydrogen-bond acceptors (Lipinski definition) is 6. The van der Waals surface area contributed by atoms with E-state index in [-0.39, 0.29) is 37.8 Å². The summed E-state index contributed by atoms with van der Waals surface area (Å²) in [5, 5.41) is 1.52. The lowest BCUT2D eigenvalue weighted by atomic mass is 9.96. The highest BCUT2D eigenvalue weighted by molar-refractivity contribution is 6.01. The minimum atomic E-state index is -0.569. The summed E-state index contributed by atoms with van der Waals surface area (Å²) in [5.74, 6) is 0.546. The first-order chi connectivity index (χ1) is 14.1. The van der Waals surface area contributed by atoms with E-state index in [0.29, 0.717) is 30.2 Å². The van der Waals surface area contributed by atoms with Crippen molar-refractivity contribution in [3.05, 3.63) is 30.0 Å². The molecule has 2 aromatic rings. The lowest BCUT2D eigenvalue weighted by Crippen LogP contribution is -2.41. The van der Waals surface area contributed by atoms with Crippen molar-refractivity contribution in [1.29, 1.82) is 0 Å². The molecule has 0 aliphatic carbocycles. The topological polar surface area (TPSA) is 104 Å². The summed E-state index contributed by atoms with van der Waals surface area (Å²) in [7, 11) is 0. The summed E-state index contributed by atoms with van der Waals surface area (Å²) in [6.07, 6.45) is 4.10. The fraction of sp³-hybridized carbons (Fsp3) is 0.476. The molecule has 0 saturated carbocycles. The number of ether oxygens (including phenoxy) is 3. The Morgan fingerprint density at radius 1 is 1.31 bits per heavy atom. The first-order valence-corrected chi connectivity index (χ1v) is 9.94.